The summed E-state index contributed by atoms with van der Waals surface area (Å²) in [6.07, 6.45) is -0.167. The van der Waals surface area contributed by atoms with E-state index in [4.69, 9.17) is 5.11 Å². The van der Waals surface area contributed by atoms with Gasteiger partial charge in [0.2, 0.25) is 0 Å². The summed E-state index contributed by atoms with van der Waals surface area (Å²) in [5, 5.41) is 8.06. The summed E-state index contributed by atoms with van der Waals surface area (Å²) in [4.78, 5) is 0. The van der Waals surface area contributed by atoms with E-state index in [1.165, 1.54) is 0 Å². The third-order valence-electron chi connectivity index (χ3n) is 0. The molecular formula is C7H20FNO. The van der Waals surface area contributed by atoms with E-state index in [0.29, 0.717) is 0 Å². The predicted octanol–water partition coefficient (Wildman–Crippen LogP) is -2.29. The zero-order chi connectivity index (χ0) is 8.08. The fraction of sp³-hybridized carbons (Fsp3) is 1.00. The van der Waals surface area contributed by atoms with E-state index in [1.54, 1.807) is 13.8 Å². The van der Waals surface area contributed by atoms with Gasteiger partial charge in [0.1, 0.15) is 0 Å². The number of nitrogens with zero attached hydrogens (tertiary/aromatic N) is 1. The Morgan fingerprint density at radius 2 is 1.00 bits per heavy atom. The number of hydrogen-bond acceptors (Lipinski definition) is 1. The largest absolute Gasteiger partial charge is 1.00 e. The van der Waals surface area contributed by atoms with Crippen LogP contribution in [0.25, 0.3) is 0 Å². The van der Waals surface area contributed by atoms with E-state index in [2.05, 4.69) is 28.2 Å². The molecule has 0 aliphatic rings. The molecule has 0 bridgehead atoms. The van der Waals surface area contributed by atoms with Crippen LogP contribution >= 0.6 is 0 Å². The van der Waals surface area contributed by atoms with Crippen molar-refractivity contribution in [2.75, 3.05) is 28.2 Å². The maximum absolute atomic E-state index is 8.06. The van der Waals surface area contributed by atoms with Gasteiger partial charge in [-0.3, -0.25) is 0 Å². The Balaban J connectivity index is -0.0000000910. The number of rotatable bonds is 0. The van der Waals surface area contributed by atoms with E-state index in [0.717, 1.165) is 4.48 Å². The Morgan fingerprint density at radius 1 is 1.00 bits per heavy atom. The molecule has 1 N–H and O–H groups in total. The molecule has 66 valence electrons. The first-order valence-electron chi connectivity index (χ1n) is 3.20. The highest BCUT2D eigenvalue weighted by Crippen LogP contribution is 1.73. The zero-order valence-corrected chi connectivity index (χ0v) is 7.85. The van der Waals surface area contributed by atoms with Gasteiger partial charge in [0.05, 0.1) is 28.2 Å². The van der Waals surface area contributed by atoms with Crippen LogP contribution in [-0.4, -0.2) is 43.9 Å². The summed E-state index contributed by atoms with van der Waals surface area (Å²) in [7, 11) is 8.50. The van der Waals surface area contributed by atoms with Gasteiger partial charge in [-0.2, -0.15) is 0 Å². The maximum Gasteiger partial charge on any atom is 0.0675 e. The lowest BCUT2D eigenvalue weighted by Gasteiger charge is -2.14. The minimum Gasteiger partial charge on any atom is -1.00 e. The quantitative estimate of drug-likeness (QED) is 0.389. The molecule has 0 aromatic carbocycles. The summed E-state index contributed by atoms with van der Waals surface area (Å²) in [6.45, 7) is 3.44. The molecule has 0 aliphatic heterocycles. The highest BCUT2D eigenvalue weighted by atomic mass is 19.0. The Morgan fingerprint density at radius 3 is 1.00 bits per heavy atom. The van der Waals surface area contributed by atoms with E-state index in [1.807, 2.05) is 0 Å². The Bertz CT molecular complexity index is 50.4. The number of aliphatic hydroxyl groups excluding tert-OH is 1. The molecule has 0 saturated heterocycles. The van der Waals surface area contributed by atoms with Gasteiger partial charge in [0.15, 0.2) is 0 Å². The molecule has 2 nitrogen and oxygen atoms in total. The van der Waals surface area contributed by atoms with Crippen molar-refractivity contribution in [3.8, 4) is 0 Å². The summed E-state index contributed by atoms with van der Waals surface area (Å²) < 4.78 is 1.00. The third-order valence-corrected chi connectivity index (χ3v) is 0. The Kier molecular flexibility index (Phi) is 11.4. The molecule has 0 radical (unpaired) electrons. The van der Waals surface area contributed by atoms with Crippen molar-refractivity contribution in [3.05, 3.63) is 0 Å². The monoisotopic (exact) mass is 153 g/mol. The highest BCUT2D eigenvalue weighted by Gasteiger charge is 1.88. The van der Waals surface area contributed by atoms with Crippen LogP contribution in [0.5, 0.6) is 0 Å². The van der Waals surface area contributed by atoms with E-state index in [-0.39, 0.29) is 10.8 Å². The second kappa shape index (κ2) is 6.96. The molecule has 0 amide bonds. The number of quaternary nitrogens is 1. The van der Waals surface area contributed by atoms with Crippen LogP contribution in [0, 0.1) is 0 Å². The van der Waals surface area contributed by atoms with Gasteiger partial charge in [-0.05, 0) is 13.8 Å². The average molecular weight is 153 g/mol. The second-order valence-electron chi connectivity index (χ2n) is 3.78. The fourth-order valence-electron chi connectivity index (χ4n) is 0. The lowest BCUT2D eigenvalue weighted by atomic mass is 10.5. The van der Waals surface area contributed by atoms with Gasteiger partial charge in [-0.1, -0.05) is 0 Å². The summed E-state index contributed by atoms with van der Waals surface area (Å²) in [6, 6.07) is 0. The van der Waals surface area contributed by atoms with Crippen molar-refractivity contribution in [1.82, 2.24) is 0 Å². The summed E-state index contributed by atoms with van der Waals surface area (Å²) in [5.41, 5.74) is 0. The van der Waals surface area contributed by atoms with Gasteiger partial charge in [-0.15, -0.1) is 0 Å². The van der Waals surface area contributed by atoms with Gasteiger partial charge in [-0.25, -0.2) is 0 Å². The van der Waals surface area contributed by atoms with Crippen LogP contribution < -0.4 is 4.70 Å². The highest BCUT2D eigenvalue weighted by molar-refractivity contribution is 4.20. The van der Waals surface area contributed by atoms with Crippen molar-refractivity contribution in [3.63, 3.8) is 0 Å². The van der Waals surface area contributed by atoms with Crippen LogP contribution in [0.2, 0.25) is 0 Å². The topological polar surface area (TPSA) is 20.2 Å². The van der Waals surface area contributed by atoms with Gasteiger partial charge in [0, 0.05) is 6.10 Å². The molecule has 0 rings (SSSR count). The molecule has 0 aliphatic carbocycles. The van der Waals surface area contributed by atoms with Gasteiger partial charge >= 0.3 is 0 Å². The normalized spacial score (nSPS) is 9.60. The van der Waals surface area contributed by atoms with Crippen LogP contribution in [-0.2, 0) is 0 Å². The minimum atomic E-state index is -0.167. The second-order valence-corrected chi connectivity index (χ2v) is 3.78. The van der Waals surface area contributed by atoms with E-state index >= 15 is 0 Å². The molecule has 0 heterocycles. The molecule has 0 atom stereocenters. The minimum absolute atomic E-state index is 0. The summed E-state index contributed by atoms with van der Waals surface area (Å²) >= 11 is 0. The van der Waals surface area contributed by atoms with Crippen LogP contribution in [0.15, 0.2) is 0 Å². The lowest BCUT2D eigenvalue weighted by Crippen LogP contribution is -3.00. The smallest absolute Gasteiger partial charge is 0.0675 e. The standard InChI is InChI=1S/C4H12N.C3H8O.FH/c1-5(2,3)4;1-3(2)4;/h1-4H3;3-4H,1-2H3;1H/q+1;;/p-1. The molecule has 0 saturated carbocycles. The number of halogens is 1. The van der Waals surface area contributed by atoms with E-state index < -0.39 is 0 Å². The molecule has 0 aromatic heterocycles. The predicted molar refractivity (Wildman–Crippen MR) is 41.3 cm³/mol. The van der Waals surface area contributed by atoms with Crippen molar-refractivity contribution in [2.24, 2.45) is 0 Å². The molecular weight excluding hydrogens is 133 g/mol. The average Bonchev–Trinajstić information content (AvgIpc) is 1.19. The zero-order valence-electron chi connectivity index (χ0n) is 7.85. The number of aliphatic hydroxyl groups is 1. The molecule has 0 spiro atoms. The van der Waals surface area contributed by atoms with Crippen molar-refractivity contribution in [2.45, 2.75) is 20.0 Å². The maximum atomic E-state index is 8.06. The first kappa shape index (κ1) is 16.4. The lowest BCUT2D eigenvalue weighted by molar-refractivity contribution is -0.849. The van der Waals surface area contributed by atoms with Gasteiger partial charge in [0.25, 0.3) is 0 Å². The Labute approximate surface area is 63.4 Å². The van der Waals surface area contributed by atoms with Crippen LogP contribution in [0.1, 0.15) is 13.8 Å². The van der Waals surface area contributed by atoms with Crippen LogP contribution in [0.4, 0.5) is 0 Å². The fourth-order valence-corrected chi connectivity index (χ4v) is 0. The summed E-state index contributed by atoms with van der Waals surface area (Å²) in [5.74, 6) is 0. The van der Waals surface area contributed by atoms with E-state index in [9.17, 15) is 0 Å². The van der Waals surface area contributed by atoms with Crippen molar-refractivity contribution >= 4 is 0 Å². The molecule has 3 heteroatoms. The molecule has 0 unspecified atom stereocenters. The SMILES string of the molecule is CC(C)O.C[N+](C)(C)C.[F-]. The molecule has 0 fully saturated rings. The Hall–Kier alpha value is -0.150. The third kappa shape index (κ3) is 16400. The molecule has 0 aromatic rings. The first-order valence-corrected chi connectivity index (χ1v) is 3.20. The van der Waals surface area contributed by atoms with Crippen molar-refractivity contribution in [1.29, 1.82) is 0 Å². The first-order chi connectivity index (χ1) is 3.73. The van der Waals surface area contributed by atoms with Crippen LogP contribution in [0.3, 0.4) is 0 Å². The van der Waals surface area contributed by atoms with Gasteiger partial charge < -0.3 is 14.3 Å². The number of hydrogen-bond donors (Lipinski definition) is 1. The van der Waals surface area contributed by atoms with Crippen molar-refractivity contribution < 1.29 is 14.3 Å². The molecule has 10 heavy (non-hydrogen) atoms.